The second-order valence-electron chi connectivity index (χ2n) is 8.69. The summed E-state index contributed by atoms with van der Waals surface area (Å²) in [5, 5.41) is 9.75. The highest BCUT2D eigenvalue weighted by Crippen LogP contribution is 2.30. The third kappa shape index (κ3) is 5.56. The minimum absolute atomic E-state index is 0.0687. The van der Waals surface area contributed by atoms with Crippen molar-refractivity contribution >= 4 is 29.1 Å². The number of nitrogens with zero attached hydrogens (tertiary/aromatic N) is 3. The summed E-state index contributed by atoms with van der Waals surface area (Å²) in [6.45, 7) is 6.18. The SMILES string of the molecule is CCC(=O)Nc1cccc(-c2noc([C@H]3CCCN(C(=O)c4cccc(NC(C)=O)c4C)C3)n2)c1. The number of carbonyl (C=O) groups is 3. The number of hydrogen-bond acceptors (Lipinski definition) is 6. The Balaban J connectivity index is 1.49. The number of anilines is 2. The van der Waals surface area contributed by atoms with Gasteiger partial charge in [0.15, 0.2) is 0 Å². The summed E-state index contributed by atoms with van der Waals surface area (Å²) in [6, 6.07) is 12.6. The van der Waals surface area contributed by atoms with Crippen molar-refractivity contribution in [1.29, 1.82) is 0 Å². The van der Waals surface area contributed by atoms with Crippen LogP contribution in [0.5, 0.6) is 0 Å². The van der Waals surface area contributed by atoms with E-state index >= 15 is 0 Å². The van der Waals surface area contributed by atoms with E-state index < -0.39 is 0 Å². The first-order valence-corrected chi connectivity index (χ1v) is 11.8. The quantitative estimate of drug-likeness (QED) is 0.547. The van der Waals surface area contributed by atoms with Crippen molar-refractivity contribution in [3.63, 3.8) is 0 Å². The predicted molar refractivity (Wildman–Crippen MR) is 132 cm³/mol. The summed E-state index contributed by atoms with van der Waals surface area (Å²) in [4.78, 5) is 42.9. The molecule has 0 aliphatic carbocycles. The third-order valence-electron chi connectivity index (χ3n) is 6.10. The van der Waals surface area contributed by atoms with Crippen LogP contribution in [0.1, 0.15) is 60.8 Å². The average Bonchev–Trinajstić information content (AvgIpc) is 3.35. The monoisotopic (exact) mass is 475 g/mol. The number of hydrogen-bond donors (Lipinski definition) is 2. The summed E-state index contributed by atoms with van der Waals surface area (Å²) in [6.07, 6.45) is 2.05. The van der Waals surface area contributed by atoms with E-state index in [4.69, 9.17) is 4.52 Å². The van der Waals surface area contributed by atoms with Gasteiger partial charge in [-0.05, 0) is 49.6 Å². The Morgan fingerprint density at radius 3 is 2.71 bits per heavy atom. The van der Waals surface area contributed by atoms with E-state index in [1.54, 1.807) is 30.0 Å². The number of aromatic nitrogens is 2. The number of likely N-dealkylation sites (tertiary alicyclic amines) is 1. The smallest absolute Gasteiger partial charge is 0.254 e. The Morgan fingerprint density at radius 2 is 1.94 bits per heavy atom. The first-order chi connectivity index (χ1) is 16.9. The van der Waals surface area contributed by atoms with Crippen LogP contribution >= 0.6 is 0 Å². The second kappa shape index (κ2) is 10.5. The third-order valence-corrected chi connectivity index (χ3v) is 6.10. The molecule has 0 saturated carbocycles. The van der Waals surface area contributed by atoms with E-state index in [0.717, 1.165) is 24.0 Å². The molecule has 9 heteroatoms. The molecule has 1 atom stereocenters. The van der Waals surface area contributed by atoms with Gasteiger partial charge in [-0.15, -0.1) is 0 Å². The van der Waals surface area contributed by atoms with E-state index in [9.17, 15) is 14.4 Å². The topological polar surface area (TPSA) is 117 Å². The first kappa shape index (κ1) is 24.1. The molecular weight excluding hydrogens is 446 g/mol. The second-order valence-corrected chi connectivity index (χ2v) is 8.69. The van der Waals surface area contributed by atoms with E-state index in [2.05, 4.69) is 20.8 Å². The van der Waals surface area contributed by atoms with E-state index in [0.29, 0.717) is 48.2 Å². The van der Waals surface area contributed by atoms with Crippen LogP contribution in [0, 0.1) is 6.92 Å². The fourth-order valence-electron chi connectivity index (χ4n) is 4.23. The largest absolute Gasteiger partial charge is 0.339 e. The maximum atomic E-state index is 13.3. The van der Waals surface area contributed by atoms with Gasteiger partial charge in [0.2, 0.25) is 23.5 Å². The zero-order chi connectivity index (χ0) is 24.9. The van der Waals surface area contributed by atoms with Crippen molar-refractivity contribution < 1.29 is 18.9 Å². The van der Waals surface area contributed by atoms with Crippen LogP contribution in [0.25, 0.3) is 11.4 Å². The molecule has 3 amide bonds. The lowest BCUT2D eigenvalue weighted by Crippen LogP contribution is -2.39. The van der Waals surface area contributed by atoms with Gasteiger partial charge < -0.3 is 20.1 Å². The molecule has 1 aliphatic rings. The van der Waals surface area contributed by atoms with Crippen LogP contribution in [0.15, 0.2) is 47.0 Å². The number of carbonyl (C=O) groups excluding carboxylic acids is 3. The van der Waals surface area contributed by atoms with Crippen LogP contribution in [0.4, 0.5) is 11.4 Å². The molecule has 1 aromatic heterocycles. The molecule has 2 heterocycles. The molecule has 1 saturated heterocycles. The highest BCUT2D eigenvalue weighted by Gasteiger charge is 2.30. The van der Waals surface area contributed by atoms with Crippen molar-refractivity contribution in [1.82, 2.24) is 15.0 Å². The van der Waals surface area contributed by atoms with Gasteiger partial charge in [0.05, 0.1) is 5.92 Å². The summed E-state index contributed by atoms with van der Waals surface area (Å²) < 4.78 is 5.59. The Hall–Kier alpha value is -4.01. The minimum Gasteiger partial charge on any atom is -0.339 e. The lowest BCUT2D eigenvalue weighted by Gasteiger charge is -2.31. The van der Waals surface area contributed by atoms with Crippen molar-refractivity contribution in [2.75, 3.05) is 23.7 Å². The van der Waals surface area contributed by atoms with Crippen molar-refractivity contribution in [2.24, 2.45) is 0 Å². The average molecular weight is 476 g/mol. The zero-order valence-electron chi connectivity index (χ0n) is 20.1. The molecule has 0 unspecified atom stereocenters. The van der Waals surface area contributed by atoms with Crippen molar-refractivity contribution in [3.8, 4) is 11.4 Å². The maximum Gasteiger partial charge on any atom is 0.254 e. The summed E-state index contributed by atoms with van der Waals surface area (Å²) in [7, 11) is 0. The minimum atomic E-state index is -0.179. The number of piperidine rings is 1. The molecule has 1 fully saturated rings. The molecule has 9 nitrogen and oxygen atoms in total. The lowest BCUT2D eigenvalue weighted by molar-refractivity contribution is -0.116. The Bertz CT molecular complexity index is 1250. The molecule has 4 rings (SSSR count). The Kier molecular flexibility index (Phi) is 7.24. The molecular formula is C26H29N5O4. The van der Waals surface area contributed by atoms with Crippen LogP contribution in [0.2, 0.25) is 0 Å². The van der Waals surface area contributed by atoms with Gasteiger partial charge in [0.1, 0.15) is 0 Å². The van der Waals surface area contributed by atoms with Gasteiger partial charge in [-0.2, -0.15) is 4.98 Å². The molecule has 0 spiro atoms. The summed E-state index contributed by atoms with van der Waals surface area (Å²) in [5.41, 5.74) is 3.35. The van der Waals surface area contributed by atoms with Crippen molar-refractivity contribution in [3.05, 3.63) is 59.5 Å². The highest BCUT2D eigenvalue weighted by molar-refractivity contribution is 5.99. The molecule has 3 aromatic rings. The van der Waals surface area contributed by atoms with Gasteiger partial charge in [0.25, 0.3) is 5.91 Å². The lowest BCUT2D eigenvalue weighted by atomic mass is 9.96. The van der Waals surface area contributed by atoms with Gasteiger partial charge in [-0.1, -0.05) is 30.3 Å². The van der Waals surface area contributed by atoms with Crippen LogP contribution < -0.4 is 10.6 Å². The molecule has 0 radical (unpaired) electrons. The Labute approximate surface area is 203 Å². The molecule has 2 N–H and O–H groups in total. The van der Waals surface area contributed by atoms with Gasteiger partial charge in [-0.25, -0.2) is 0 Å². The Morgan fingerprint density at radius 1 is 1.14 bits per heavy atom. The fourth-order valence-corrected chi connectivity index (χ4v) is 4.23. The molecule has 0 bridgehead atoms. The van der Waals surface area contributed by atoms with Gasteiger partial charge >= 0.3 is 0 Å². The van der Waals surface area contributed by atoms with Crippen LogP contribution in [-0.2, 0) is 9.59 Å². The van der Waals surface area contributed by atoms with Crippen LogP contribution in [-0.4, -0.2) is 45.9 Å². The van der Waals surface area contributed by atoms with Crippen molar-refractivity contribution in [2.45, 2.75) is 46.0 Å². The zero-order valence-corrected chi connectivity index (χ0v) is 20.1. The highest BCUT2D eigenvalue weighted by atomic mass is 16.5. The van der Waals surface area contributed by atoms with E-state index in [-0.39, 0.29) is 23.6 Å². The predicted octanol–water partition coefficient (Wildman–Crippen LogP) is 4.37. The van der Waals surface area contributed by atoms with Crippen LogP contribution in [0.3, 0.4) is 0 Å². The van der Waals surface area contributed by atoms with Gasteiger partial charge in [0, 0.05) is 48.9 Å². The first-order valence-electron chi connectivity index (χ1n) is 11.8. The van der Waals surface area contributed by atoms with Gasteiger partial charge in [-0.3, -0.25) is 14.4 Å². The summed E-state index contributed by atoms with van der Waals surface area (Å²) in [5.74, 6) is 0.523. The van der Waals surface area contributed by atoms with E-state index in [1.807, 2.05) is 31.2 Å². The molecule has 2 aromatic carbocycles. The fraction of sp³-hybridized carbons (Fsp3) is 0.346. The number of rotatable bonds is 6. The summed E-state index contributed by atoms with van der Waals surface area (Å²) >= 11 is 0. The number of benzene rings is 2. The normalized spacial score (nSPS) is 15.5. The molecule has 35 heavy (non-hydrogen) atoms. The number of amides is 3. The maximum absolute atomic E-state index is 13.3. The number of nitrogens with one attached hydrogen (secondary N) is 2. The molecule has 182 valence electrons. The van der Waals surface area contributed by atoms with E-state index in [1.165, 1.54) is 6.92 Å². The standard InChI is InChI=1S/C26H29N5O4/c1-4-23(33)28-20-10-5-8-18(14-20)24-29-25(35-30-24)19-9-7-13-31(15-19)26(34)21-11-6-12-22(16(21)2)27-17(3)32/h5-6,8,10-12,14,19H,4,7,9,13,15H2,1-3H3,(H,27,32)(H,28,33)/t19-/m0/s1. The molecule has 1 aliphatic heterocycles.